The molecule has 0 aromatic carbocycles. The summed E-state index contributed by atoms with van der Waals surface area (Å²) in [6, 6.07) is 0. The van der Waals surface area contributed by atoms with E-state index in [0.29, 0.717) is 17.4 Å². The van der Waals surface area contributed by atoms with E-state index in [1.165, 1.54) is 0 Å². The highest BCUT2D eigenvalue weighted by Gasteiger charge is 2.20. The van der Waals surface area contributed by atoms with Gasteiger partial charge < -0.3 is 5.11 Å². The zero-order valence-electron chi connectivity index (χ0n) is 8.53. The summed E-state index contributed by atoms with van der Waals surface area (Å²) in [4.78, 5) is 12.8. The molecule has 0 amide bonds. The van der Waals surface area contributed by atoms with E-state index < -0.39 is 5.97 Å². The van der Waals surface area contributed by atoms with E-state index >= 15 is 0 Å². The standard InChI is InChI=1S/C10H17NO2S/c1-3-9-7-11(4-5-14-9)6-8(2)10(12)13/h9H,2-7H2,1H3,(H,12,13). The Bertz CT molecular complexity index is 230. The average molecular weight is 215 g/mol. The molecule has 1 rings (SSSR count). The van der Waals surface area contributed by atoms with Crippen LogP contribution in [0, 0.1) is 0 Å². The zero-order valence-corrected chi connectivity index (χ0v) is 9.35. The summed E-state index contributed by atoms with van der Waals surface area (Å²) in [5, 5.41) is 9.36. The van der Waals surface area contributed by atoms with Crippen molar-refractivity contribution in [2.45, 2.75) is 18.6 Å². The van der Waals surface area contributed by atoms with Gasteiger partial charge in [0.15, 0.2) is 0 Å². The van der Waals surface area contributed by atoms with Gasteiger partial charge in [-0.1, -0.05) is 13.5 Å². The van der Waals surface area contributed by atoms with Crippen molar-refractivity contribution in [3.05, 3.63) is 12.2 Å². The van der Waals surface area contributed by atoms with Crippen LogP contribution in [0.25, 0.3) is 0 Å². The molecule has 1 unspecified atom stereocenters. The molecule has 0 aromatic heterocycles. The third-order valence-corrected chi connectivity index (χ3v) is 3.77. The Morgan fingerprint density at radius 2 is 2.43 bits per heavy atom. The molecule has 1 aliphatic rings. The smallest absolute Gasteiger partial charge is 0.332 e. The van der Waals surface area contributed by atoms with Crippen LogP contribution in [0.1, 0.15) is 13.3 Å². The lowest BCUT2D eigenvalue weighted by molar-refractivity contribution is -0.132. The number of carboxylic acid groups (broad SMARTS) is 1. The maximum atomic E-state index is 10.6. The van der Waals surface area contributed by atoms with Crippen LogP contribution in [0.4, 0.5) is 0 Å². The van der Waals surface area contributed by atoms with E-state index in [-0.39, 0.29) is 0 Å². The van der Waals surface area contributed by atoms with E-state index in [1.54, 1.807) is 0 Å². The highest BCUT2D eigenvalue weighted by Crippen LogP contribution is 2.21. The summed E-state index contributed by atoms with van der Waals surface area (Å²) in [5.74, 6) is 0.224. The number of hydrogen-bond donors (Lipinski definition) is 1. The van der Waals surface area contributed by atoms with Crippen molar-refractivity contribution in [1.29, 1.82) is 0 Å². The largest absolute Gasteiger partial charge is 0.478 e. The molecule has 1 heterocycles. The number of carboxylic acids is 1. The molecule has 0 radical (unpaired) electrons. The second-order valence-electron chi connectivity index (χ2n) is 3.54. The Morgan fingerprint density at radius 3 is 3.00 bits per heavy atom. The average Bonchev–Trinajstić information content (AvgIpc) is 2.18. The van der Waals surface area contributed by atoms with Crippen LogP contribution >= 0.6 is 11.8 Å². The van der Waals surface area contributed by atoms with Crippen LogP contribution < -0.4 is 0 Å². The molecule has 1 fully saturated rings. The van der Waals surface area contributed by atoms with Crippen molar-refractivity contribution in [3.8, 4) is 0 Å². The molecule has 4 heteroatoms. The summed E-state index contributed by atoms with van der Waals surface area (Å²) in [5.41, 5.74) is 0.298. The minimum atomic E-state index is -0.878. The Kier molecular flexibility index (Phi) is 4.48. The Balaban J connectivity index is 2.37. The summed E-state index contributed by atoms with van der Waals surface area (Å²) in [6.45, 7) is 8.20. The Labute approximate surface area is 89.2 Å². The SMILES string of the molecule is C=C(CN1CCSC(CC)C1)C(=O)O. The molecule has 1 aliphatic heterocycles. The van der Waals surface area contributed by atoms with Gasteiger partial charge in [-0.05, 0) is 6.42 Å². The number of aliphatic carboxylic acids is 1. The first-order valence-electron chi connectivity index (χ1n) is 4.88. The third kappa shape index (κ3) is 3.35. The van der Waals surface area contributed by atoms with Gasteiger partial charge in [-0.15, -0.1) is 0 Å². The van der Waals surface area contributed by atoms with Crippen molar-refractivity contribution in [1.82, 2.24) is 4.90 Å². The molecular formula is C10H17NO2S. The first kappa shape index (κ1) is 11.6. The molecular weight excluding hydrogens is 198 g/mol. The van der Waals surface area contributed by atoms with Crippen molar-refractivity contribution < 1.29 is 9.90 Å². The fraction of sp³-hybridized carbons (Fsp3) is 0.700. The third-order valence-electron chi connectivity index (χ3n) is 2.40. The van der Waals surface area contributed by atoms with E-state index in [4.69, 9.17) is 5.11 Å². The highest BCUT2D eigenvalue weighted by molar-refractivity contribution is 8.00. The quantitative estimate of drug-likeness (QED) is 0.721. The van der Waals surface area contributed by atoms with Gasteiger partial charge in [0.2, 0.25) is 0 Å². The minimum Gasteiger partial charge on any atom is -0.478 e. The topological polar surface area (TPSA) is 40.5 Å². The molecule has 14 heavy (non-hydrogen) atoms. The van der Waals surface area contributed by atoms with Gasteiger partial charge in [0.05, 0.1) is 0 Å². The molecule has 0 aromatic rings. The minimum absolute atomic E-state index is 0.298. The summed E-state index contributed by atoms with van der Waals surface area (Å²) in [6.07, 6.45) is 1.15. The second kappa shape index (κ2) is 5.41. The Hall–Kier alpha value is -0.480. The van der Waals surface area contributed by atoms with Crippen LogP contribution in [-0.4, -0.2) is 46.6 Å². The van der Waals surface area contributed by atoms with Gasteiger partial charge in [-0.25, -0.2) is 4.79 Å². The fourth-order valence-corrected chi connectivity index (χ4v) is 2.76. The van der Waals surface area contributed by atoms with Gasteiger partial charge >= 0.3 is 5.97 Å². The van der Waals surface area contributed by atoms with Crippen molar-refractivity contribution in [2.75, 3.05) is 25.4 Å². The van der Waals surface area contributed by atoms with Crippen LogP contribution in [0.5, 0.6) is 0 Å². The molecule has 0 spiro atoms. The molecule has 0 bridgehead atoms. The van der Waals surface area contributed by atoms with E-state index in [2.05, 4.69) is 18.4 Å². The van der Waals surface area contributed by atoms with Gasteiger partial charge in [0.1, 0.15) is 0 Å². The first-order valence-corrected chi connectivity index (χ1v) is 5.93. The van der Waals surface area contributed by atoms with Crippen LogP contribution in [0.3, 0.4) is 0 Å². The first-order chi connectivity index (χ1) is 6.63. The van der Waals surface area contributed by atoms with Gasteiger partial charge in [0.25, 0.3) is 0 Å². The number of thioether (sulfide) groups is 1. The van der Waals surface area contributed by atoms with Crippen molar-refractivity contribution >= 4 is 17.7 Å². The molecule has 1 saturated heterocycles. The molecule has 1 N–H and O–H groups in total. The molecule has 0 saturated carbocycles. The van der Waals surface area contributed by atoms with Crippen molar-refractivity contribution in [3.63, 3.8) is 0 Å². The van der Waals surface area contributed by atoms with Gasteiger partial charge in [0, 0.05) is 36.2 Å². The number of carbonyl (C=O) groups is 1. The molecule has 80 valence electrons. The number of rotatable bonds is 4. The Morgan fingerprint density at radius 1 is 1.71 bits per heavy atom. The lowest BCUT2D eigenvalue weighted by Gasteiger charge is -2.31. The lowest BCUT2D eigenvalue weighted by Crippen LogP contribution is -2.39. The number of hydrogen-bond acceptors (Lipinski definition) is 3. The molecule has 3 nitrogen and oxygen atoms in total. The fourth-order valence-electron chi connectivity index (χ4n) is 1.51. The molecule has 1 atom stereocenters. The van der Waals surface area contributed by atoms with E-state index in [1.807, 2.05) is 11.8 Å². The maximum Gasteiger partial charge on any atom is 0.332 e. The van der Waals surface area contributed by atoms with Crippen molar-refractivity contribution in [2.24, 2.45) is 0 Å². The summed E-state index contributed by atoms with van der Waals surface area (Å²) in [7, 11) is 0. The summed E-state index contributed by atoms with van der Waals surface area (Å²) < 4.78 is 0. The monoisotopic (exact) mass is 215 g/mol. The molecule has 0 aliphatic carbocycles. The number of nitrogens with zero attached hydrogens (tertiary/aromatic N) is 1. The maximum absolute atomic E-state index is 10.6. The van der Waals surface area contributed by atoms with Crippen LogP contribution in [0.15, 0.2) is 12.2 Å². The van der Waals surface area contributed by atoms with Gasteiger partial charge in [-0.3, -0.25) is 4.90 Å². The lowest BCUT2D eigenvalue weighted by atomic mass is 10.2. The second-order valence-corrected chi connectivity index (χ2v) is 4.95. The van der Waals surface area contributed by atoms with Crippen LogP contribution in [-0.2, 0) is 4.79 Å². The zero-order chi connectivity index (χ0) is 10.6. The normalized spacial score (nSPS) is 23.4. The predicted octanol–water partition coefficient (Wildman–Crippen LogP) is 1.45. The highest BCUT2D eigenvalue weighted by atomic mass is 32.2. The van der Waals surface area contributed by atoms with E-state index in [9.17, 15) is 4.79 Å². The van der Waals surface area contributed by atoms with Gasteiger partial charge in [-0.2, -0.15) is 11.8 Å². The van der Waals surface area contributed by atoms with Crippen LogP contribution in [0.2, 0.25) is 0 Å². The van der Waals surface area contributed by atoms with E-state index in [0.717, 1.165) is 25.3 Å². The summed E-state index contributed by atoms with van der Waals surface area (Å²) >= 11 is 1.98. The predicted molar refractivity (Wildman–Crippen MR) is 59.8 cm³/mol.